The van der Waals surface area contributed by atoms with E-state index in [1.165, 1.54) is 25.3 Å². The molecule has 3 rings (SSSR count). The van der Waals surface area contributed by atoms with E-state index in [-0.39, 0.29) is 31.1 Å². The van der Waals surface area contributed by atoms with Gasteiger partial charge < -0.3 is 30.5 Å². The number of hydrogen-bond acceptors (Lipinski definition) is 6. The first-order valence-electron chi connectivity index (χ1n) is 11.2. The van der Waals surface area contributed by atoms with Gasteiger partial charge in [0.05, 0.1) is 26.7 Å². The van der Waals surface area contributed by atoms with Crippen LogP contribution in [0, 0.1) is 0 Å². The van der Waals surface area contributed by atoms with Crippen molar-refractivity contribution in [1.29, 1.82) is 0 Å². The summed E-state index contributed by atoms with van der Waals surface area (Å²) in [4.78, 5) is 36.2. The third-order valence-corrected chi connectivity index (χ3v) is 5.71. The van der Waals surface area contributed by atoms with Crippen molar-refractivity contribution >= 4 is 23.5 Å². The number of amides is 2. The number of carbonyl (C=O) groups is 3. The van der Waals surface area contributed by atoms with Gasteiger partial charge in [0.2, 0.25) is 11.8 Å². The lowest BCUT2D eigenvalue weighted by molar-refractivity contribution is -0.137. The van der Waals surface area contributed by atoms with Crippen LogP contribution in [0.25, 0.3) is 0 Å². The van der Waals surface area contributed by atoms with E-state index >= 15 is 0 Å². The van der Waals surface area contributed by atoms with E-state index in [4.69, 9.17) is 9.47 Å². The van der Waals surface area contributed by atoms with Gasteiger partial charge in [0.15, 0.2) is 11.5 Å². The number of hydrogen-bond donors (Lipinski definition) is 4. The van der Waals surface area contributed by atoms with Gasteiger partial charge in [-0.05, 0) is 60.3 Å². The summed E-state index contributed by atoms with van der Waals surface area (Å²) < 4.78 is 10.5. The smallest absolute Gasteiger partial charge is 0.305 e. The highest BCUT2D eigenvalue weighted by Gasteiger charge is 2.20. The standard InChI is InChI=1S/C25H31N3O6/c1-33-21-9-7-17(13-22(21)34-2)20(14-25(31)32)28-24(30)5-3-4-23(29)27-19-8-6-16-10-11-26-15-18(16)12-19/h6-9,12-13,20,26H,3-5,10-11,14-15H2,1-2H3,(H,27,29)(H,28,30)(H,31,32). The highest BCUT2D eigenvalue weighted by Crippen LogP contribution is 2.31. The van der Waals surface area contributed by atoms with E-state index in [9.17, 15) is 19.5 Å². The van der Waals surface area contributed by atoms with Crippen molar-refractivity contribution in [3.63, 3.8) is 0 Å². The number of ether oxygens (including phenoxy) is 2. The second-order valence-corrected chi connectivity index (χ2v) is 8.14. The maximum absolute atomic E-state index is 12.5. The summed E-state index contributed by atoms with van der Waals surface area (Å²) in [6, 6.07) is 10.2. The van der Waals surface area contributed by atoms with Gasteiger partial charge >= 0.3 is 5.97 Å². The Hall–Kier alpha value is -3.59. The summed E-state index contributed by atoms with van der Waals surface area (Å²) in [5.41, 5.74) is 3.81. The molecule has 182 valence electrons. The molecule has 2 aromatic carbocycles. The van der Waals surface area contributed by atoms with Crippen LogP contribution in [0.15, 0.2) is 36.4 Å². The molecule has 9 heteroatoms. The van der Waals surface area contributed by atoms with Crippen molar-refractivity contribution in [3.8, 4) is 11.5 Å². The van der Waals surface area contributed by atoms with E-state index in [2.05, 4.69) is 16.0 Å². The molecule has 0 radical (unpaired) electrons. The molecule has 0 bridgehead atoms. The lowest BCUT2D eigenvalue weighted by atomic mass is 10.0. The van der Waals surface area contributed by atoms with Gasteiger partial charge in [-0.1, -0.05) is 12.1 Å². The number of nitrogens with one attached hydrogen (secondary N) is 3. The van der Waals surface area contributed by atoms with Crippen LogP contribution < -0.4 is 25.4 Å². The van der Waals surface area contributed by atoms with Gasteiger partial charge in [-0.25, -0.2) is 0 Å². The molecule has 1 heterocycles. The van der Waals surface area contributed by atoms with Gasteiger partial charge in [0, 0.05) is 25.1 Å². The van der Waals surface area contributed by atoms with Crippen LogP contribution in [-0.2, 0) is 27.3 Å². The molecule has 1 aliphatic heterocycles. The zero-order chi connectivity index (χ0) is 24.5. The molecule has 4 N–H and O–H groups in total. The minimum Gasteiger partial charge on any atom is -0.493 e. The number of rotatable bonds is 11. The third kappa shape index (κ3) is 6.95. The molecule has 0 spiro atoms. The number of aliphatic carboxylic acids is 1. The molecule has 2 aromatic rings. The SMILES string of the molecule is COc1ccc(C(CC(=O)O)NC(=O)CCCC(=O)Nc2ccc3c(c2)CNCC3)cc1OC. The third-order valence-electron chi connectivity index (χ3n) is 5.71. The first-order valence-corrected chi connectivity index (χ1v) is 11.2. The maximum Gasteiger partial charge on any atom is 0.305 e. The largest absolute Gasteiger partial charge is 0.493 e. The van der Waals surface area contributed by atoms with Crippen LogP contribution in [0.1, 0.15) is 48.4 Å². The average molecular weight is 470 g/mol. The maximum atomic E-state index is 12.5. The zero-order valence-electron chi connectivity index (χ0n) is 19.5. The summed E-state index contributed by atoms with van der Waals surface area (Å²) in [6.45, 7) is 1.75. The fraction of sp³-hybridized carbons (Fsp3) is 0.400. The zero-order valence-corrected chi connectivity index (χ0v) is 19.5. The molecule has 0 aliphatic carbocycles. The van der Waals surface area contributed by atoms with Gasteiger partial charge in [0.25, 0.3) is 0 Å². The van der Waals surface area contributed by atoms with Crippen LogP contribution in [0.4, 0.5) is 5.69 Å². The quantitative estimate of drug-likeness (QED) is 0.399. The molecular formula is C25H31N3O6. The van der Waals surface area contributed by atoms with Gasteiger partial charge in [0.1, 0.15) is 0 Å². The normalized spacial score (nSPS) is 13.4. The molecule has 2 amide bonds. The summed E-state index contributed by atoms with van der Waals surface area (Å²) in [5.74, 6) is -0.584. The molecule has 0 aromatic heterocycles. The number of carboxylic acids is 1. The highest BCUT2D eigenvalue weighted by molar-refractivity contribution is 5.91. The monoisotopic (exact) mass is 469 g/mol. The van der Waals surface area contributed by atoms with E-state index in [1.807, 2.05) is 18.2 Å². The lowest BCUT2D eigenvalue weighted by Crippen LogP contribution is -2.30. The van der Waals surface area contributed by atoms with Crippen molar-refractivity contribution in [2.75, 3.05) is 26.1 Å². The number of fused-ring (bicyclic) bond motifs is 1. The van der Waals surface area contributed by atoms with E-state index in [0.717, 1.165) is 25.2 Å². The van der Waals surface area contributed by atoms with E-state index < -0.39 is 12.0 Å². The minimum atomic E-state index is -1.04. The average Bonchev–Trinajstić information content (AvgIpc) is 2.82. The molecule has 0 saturated carbocycles. The Morgan fingerprint density at radius 1 is 1.00 bits per heavy atom. The number of anilines is 1. The number of benzene rings is 2. The Bertz CT molecular complexity index is 1040. The van der Waals surface area contributed by atoms with Crippen molar-refractivity contribution < 1.29 is 29.0 Å². The first-order chi connectivity index (χ1) is 16.4. The van der Waals surface area contributed by atoms with Crippen molar-refractivity contribution in [2.24, 2.45) is 0 Å². The Kier molecular flexibility index (Phi) is 8.86. The molecular weight excluding hydrogens is 438 g/mol. The van der Waals surface area contributed by atoms with Crippen molar-refractivity contribution in [3.05, 3.63) is 53.1 Å². The molecule has 34 heavy (non-hydrogen) atoms. The van der Waals surface area contributed by atoms with Gasteiger partial charge in [-0.3, -0.25) is 14.4 Å². The first kappa shape index (κ1) is 25.0. The summed E-state index contributed by atoms with van der Waals surface area (Å²) in [7, 11) is 2.99. The number of carboxylic acid groups (broad SMARTS) is 1. The topological polar surface area (TPSA) is 126 Å². The van der Waals surface area contributed by atoms with Crippen molar-refractivity contribution in [1.82, 2.24) is 10.6 Å². The predicted molar refractivity (Wildman–Crippen MR) is 127 cm³/mol. The molecule has 1 unspecified atom stereocenters. The van der Waals surface area contributed by atoms with Crippen LogP contribution >= 0.6 is 0 Å². The molecule has 1 aliphatic rings. The number of carbonyl (C=O) groups excluding carboxylic acids is 2. The van der Waals surface area contributed by atoms with Gasteiger partial charge in [-0.2, -0.15) is 0 Å². The van der Waals surface area contributed by atoms with Crippen LogP contribution in [0.5, 0.6) is 11.5 Å². The second-order valence-electron chi connectivity index (χ2n) is 8.14. The fourth-order valence-electron chi connectivity index (χ4n) is 3.95. The van der Waals surface area contributed by atoms with Crippen LogP contribution in [-0.4, -0.2) is 43.7 Å². The van der Waals surface area contributed by atoms with E-state index in [0.29, 0.717) is 23.5 Å². The number of methoxy groups -OCH3 is 2. The van der Waals surface area contributed by atoms with Crippen LogP contribution in [0.2, 0.25) is 0 Å². The Morgan fingerprint density at radius 3 is 2.50 bits per heavy atom. The predicted octanol–water partition coefficient (Wildman–Crippen LogP) is 2.79. The summed E-state index contributed by atoms with van der Waals surface area (Å²) in [5, 5.41) is 18.2. The second kappa shape index (κ2) is 12.0. The summed E-state index contributed by atoms with van der Waals surface area (Å²) >= 11 is 0. The fourth-order valence-corrected chi connectivity index (χ4v) is 3.95. The Labute approximate surface area is 198 Å². The summed E-state index contributed by atoms with van der Waals surface area (Å²) in [6.07, 6.45) is 1.32. The Morgan fingerprint density at radius 2 is 1.76 bits per heavy atom. The van der Waals surface area contributed by atoms with Crippen molar-refractivity contribution in [2.45, 2.75) is 44.7 Å². The lowest BCUT2D eigenvalue weighted by Gasteiger charge is -2.19. The highest BCUT2D eigenvalue weighted by atomic mass is 16.5. The molecule has 1 atom stereocenters. The molecule has 9 nitrogen and oxygen atoms in total. The Balaban J connectivity index is 1.51. The molecule has 0 fully saturated rings. The van der Waals surface area contributed by atoms with E-state index in [1.54, 1.807) is 18.2 Å². The van der Waals surface area contributed by atoms with Gasteiger partial charge in [-0.15, -0.1) is 0 Å². The van der Waals surface area contributed by atoms with Crippen LogP contribution in [0.3, 0.4) is 0 Å². The minimum absolute atomic E-state index is 0.102. The molecule has 0 saturated heterocycles.